The second kappa shape index (κ2) is 6.00. The zero-order valence-electron chi connectivity index (χ0n) is 11.3. The number of hydrogen-bond acceptors (Lipinski definition) is 5. The normalized spacial score (nSPS) is 20.2. The first-order chi connectivity index (χ1) is 8.66. The first-order valence-corrected chi connectivity index (χ1v) is 6.46. The van der Waals surface area contributed by atoms with E-state index in [0.29, 0.717) is 24.4 Å². The van der Waals surface area contributed by atoms with Gasteiger partial charge in [0.1, 0.15) is 0 Å². The summed E-state index contributed by atoms with van der Waals surface area (Å²) in [6.45, 7) is 9.34. The van der Waals surface area contributed by atoms with E-state index in [-0.39, 0.29) is 0 Å². The topological polar surface area (TPSA) is 47.5 Å². The van der Waals surface area contributed by atoms with Gasteiger partial charge in [-0.3, -0.25) is 4.98 Å². The molecule has 0 bridgehead atoms. The second-order valence-electron chi connectivity index (χ2n) is 5.04. The highest BCUT2D eigenvalue weighted by molar-refractivity contribution is 5.39. The number of nitrogens with zero attached hydrogens (tertiary/aromatic N) is 3. The summed E-state index contributed by atoms with van der Waals surface area (Å²) in [5.74, 6) is 1.95. The number of rotatable bonds is 4. The highest BCUT2D eigenvalue weighted by atomic mass is 16.5. The Labute approximate surface area is 108 Å². The van der Waals surface area contributed by atoms with E-state index in [1.807, 2.05) is 0 Å². The average Bonchev–Trinajstić information content (AvgIpc) is 2.37. The Morgan fingerprint density at radius 1 is 1.50 bits per heavy atom. The van der Waals surface area contributed by atoms with E-state index >= 15 is 0 Å². The summed E-state index contributed by atoms with van der Waals surface area (Å²) in [6, 6.07) is 0.327. The molecule has 1 saturated heterocycles. The van der Waals surface area contributed by atoms with Crippen LogP contribution in [-0.2, 0) is 4.74 Å². The third kappa shape index (κ3) is 3.32. The quantitative estimate of drug-likeness (QED) is 0.815. The Morgan fingerprint density at radius 2 is 2.33 bits per heavy atom. The van der Waals surface area contributed by atoms with Gasteiger partial charge in [-0.25, -0.2) is 0 Å². The van der Waals surface area contributed by atoms with Crippen LogP contribution in [0.25, 0.3) is 0 Å². The number of morpholine rings is 1. The molecule has 2 heterocycles. The van der Waals surface area contributed by atoms with Crippen molar-refractivity contribution in [2.24, 2.45) is 5.92 Å². The lowest BCUT2D eigenvalue weighted by atomic mass is 10.2. The van der Waals surface area contributed by atoms with E-state index in [0.717, 1.165) is 25.6 Å². The van der Waals surface area contributed by atoms with E-state index in [1.54, 1.807) is 12.4 Å². The van der Waals surface area contributed by atoms with Crippen molar-refractivity contribution < 1.29 is 9.47 Å². The fourth-order valence-corrected chi connectivity index (χ4v) is 1.87. The van der Waals surface area contributed by atoms with Crippen LogP contribution in [0.1, 0.15) is 20.8 Å². The van der Waals surface area contributed by atoms with E-state index in [9.17, 15) is 0 Å². The molecule has 1 fully saturated rings. The van der Waals surface area contributed by atoms with Gasteiger partial charge in [-0.1, -0.05) is 13.8 Å². The van der Waals surface area contributed by atoms with Crippen molar-refractivity contribution in [3.05, 3.63) is 12.4 Å². The Hall–Kier alpha value is -1.36. The van der Waals surface area contributed by atoms with Crippen molar-refractivity contribution in [1.29, 1.82) is 0 Å². The van der Waals surface area contributed by atoms with Gasteiger partial charge in [0.05, 0.1) is 38.3 Å². The maximum Gasteiger partial charge on any atom is 0.234 e. The monoisotopic (exact) mass is 251 g/mol. The van der Waals surface area contributed by atoms with Gasteiger partial charge in [0.15, 0.2) is 5.82 Å². The Balaban J connectivity index is 2.06. The summed E-state index contributed by atoms with van der Waals surface area (Å²) in [5.41, 5.74) is 0. The van der Waals surface area contributed by atoms with Gasteiger partial charge in [-0.05, 0) is 12.8 Å². The molecular weight excluding hydrogens is 230 g/mol. The van der Waals surface area contributed by atoms with Crippen LogP contribution in [0.4, 0.5) is 5.82 Å². The van der Waals surface area contributed by atoms with Crippen LogP contribution in [0, 0.1) is 5.92 Å². The minimum atomic E-state index is 0.327. The minimum absolute atomic E-state index is 0.327. The average molecular weight is 251 g/mol. The SMILES string of the molecule is CC(C)COc1cncc(N2CCOC[C@H]2C)n1. The predicted molar refractivity (Wildman–Crippen MR) is 70.0 cm³/mol. The van der Waals surface area contributed by atoms with E-state index in [1.165, 1.54) is 0 Å². The molecular formula is C13H21N3O2. The van der Waals surface area contributed by atoms with E-state index < -0.39 is 0 Å². The fourth-order valence-electron chi connectivity index (χ4n) is 1.87. The van der Waals surface area contributed by atoms with Gasteiger partial charge in [0, 0.05) is 6.54 Å². The third-order valence-corrected chi connectivity index (χ3v) is 2.83. The Bertz CT molecular complexity index is 384. The van der Waals surface area contributed by atoms with Gasteiger partial charge in [-0.2, -0.15) is 4.98 Å². The van der Waals surface area contributed by atoms with E-state index in [2.05, 4.69) is 35.6 Å². The highest BCUT2D eigenvalue weighted by Gasteiger charge is 2.20. The van der Waals surface area contributed by atoms with Crippen molar-refractivity contribution in [3.8, 4) is 5.88 Å². The van der Waals surface area contributed by atoms with Crippen LogP contribution in [0.15, 0.2) is 12.4 Å². The molecule has 5 heteroatoms. The third-order valence-electron chi connectivity index (χ3n) is 2.83. The Kier molecular flexibility index (Phi) is 4.36. The summed E-state index contributed by atoms with van der Waals surface area (Å²) in [4.78, 5) is 10.9. The molecule has 18 heavy (non-hydrogen) atoms. The standard InChI is InChI=1S/C13H21N3O2/c1-10(2)8-18-13-7-14-6-12(15-13)16-4-5-17-9-11(16)3/h6-7,10-11H,4-5,8-9H2,1-3H3/t11-/m1/s1. The molecule has 2 rings (SSSR count). The summed E-state index contributed by atoms with van der Waals surface area (Å²) in [6.07, 6.45) is 3.45. The van der Waals surface area contributed by atoms with Crippen LogP contribution >= 0.6 is 0 Å². The van der Waals surface area contributed by atoms with Crippen molar-refractivity contribution in [1.82, 2.24) is 9.97 Å². The first kappa shape index (κ1) is 13.1. The zero-order chi connectivity index (χ0) is 13.0. The van der Waals surface area contributed by atoms with Crippen molar-refractivity contribution >= 4 is 5.82 Å². The maximum absolute atomic E-state index is 5.60. The summed E-state index contributed by atoms with van der Waals surface area (Å²) >= 11 is 0. The molecule has 1 aromatic heterocycles. The van der Waals surface area contributed by atoms with Crippen LogP contribution in [-0.4, -0.2) is 42.4 Å². The van der Waals surface area contributed by atoms with Crippen molar-refractivity contribution in [2.45, 2.75) is 26.8 Å². The number of anilines is 1. The fraction of sp³-hybridized carbons (Fsp3) is 0.692. The molecule has 0 saturated carbocycles. The molecule has 0 unspecified atom stereocenters. The predicted octanol–water partition coefficient (Wildman–Crippen LogP) is 1.74. The molecule has 1 aliphatic rings. The van der Waals surface area contributed by atoms with Gasteiger partial charge in [0.2, 0.25) is 5.88 Å². The number of hydrogen-bond donors (Lipinski definition) is 0. The molecule has 0 radical (unpaired) electrons. The summed E-state index contributed by atoms with van der Waals surface area (Å²) in [7, 11) is 0. The lowest BCUT2D eigenvalue weighted by Gasteiger charge is -2.34. The maximum atomic E-state index is 5.60. The smallest absolute Gasteiger partial charge is 0.234 e. The van der Waals surface area contributed by atoms with Gasteiger partial charge in [-0.15, -0.1) is 0 Å². The van der Waals surface area contributed by atoms with Crippen LogP contribution in [0.2, 0.25) is 0 Å². The Morgan fingerprint density at radius 3 is 3.06 bits per heavy atom. The van der Waals surface area contributed by atoms with Crippen LogP contribution < -0.4 is 9.64 Å². The summed E-state index contributed by atoms with van der Waals surface area (Å²) < 4.78 is 11.0. The van der Waals surface area contributed by atoms with Crippen LogP contribution in [0.5, 0.6) is 5.88 Å². The van der Waals surface area contributed by atoms with E-state index in [4.69, 9.17) is 9.47 Å². The molecule has 1 atom stereocenters. The van der Waals surface area contributed by atoms with Crippen molar-refractivity contribution in [2.75, 3.05) is 31.3 Å². The zero-order valence-corrected chi connectivity index (χ0v) is 11.3. The molecule has 0 aliphatic carbocycles. The lowest BCUT2D eigenvalue weighted by Crippen LogP contribution is -2.44. The minimum Gasteiger partial charge on any atom is -0.476 e. The van der Waals surface area contributed by atoms with Gasteiger partial charge in [0.25, 0.3) is 0 Å². The first-order valence-electron chi connectivity index (χ1n) is 6.46. The molecule has 0 spiro atoms. The lowest BCUT2D eigenvalue weighted by molar-refractivity contribution is 0.0984. The van der Waals surface area contributed by atoms with Gasteiger partial charge >= 0.3 is 0 Å². The molecule has 0 N–H and O–H groups in total. The van der Waals surface area contributed by atoms with Crippen LogP contribution in [0.3, 0.4) is 0 Å². The van der Waals surface area contributed by atoms with Gasteiger partial charge < -0.3 is 14.4 Å². The summed E-state index contributed by atoms with van der Waals surface area (Å²) in [5, 5.41) is 0. The number of aromatic nitrogens is 2. The van der Waals surface area contributed by atoms with Crippen molar-refractivity contribution in [3.63, 3.8) is 0 Å². The molecule has 0 amide bonds. The largest absolute Gasteiger partial charge is 0.476 e. The molecule has 1 aliphatic heterocycles. The molecule has 100 valence electrons. The molecule has 5 nitrogen and oxygen atoms in total. The second-order valence-corrected chi connectivity index (χ2v) is 5.04. The molecule has 1 aromatic rings. The number of ether oxygens (including phenoxy) is 2. The molecule has 0 aromatic carbocycles. The highest BCUT2D eigenvalue weighted by Crippen LogP contribution is 2.18.